The van der Waals surface area contributed by atoms with Crippen molar-refractivity contribution in [2.75, 3.05) is 7.11 Å². The maximum atomic E-state index is 12.1. The van der Waals surface area contributed by atoms with E-state index in [1.807, 2.05) is 13.8 Å². The molecule has 0 radical (unpaired) electrons. The lowest BCUT2D eigenvalue weighted by Gasteiger charge is -2.21. The highest BCUT2D eigenvalue weighted by molar-refractivity contribution is 6.17. The van der Waals surface area contributed by atoms with Crippen molar-refractivity contribution in [2.24, 2.45) is 10.9 Å². The van der Waals surface area contributed by atoms with Crippen LogP contribution in [0.2, 0.25) is 0 Å². The fourth-order valence-electron chi connectivity index (χ4n) is 1.96. The van der Waals surface area contributed by atoms with Crippen molar-refractivity contribution in [3.05, 3.63) is 23.4 Å². The van der Waals surface area contributed by atoms with Crippen LogP contribution in [0.25, 0.3) is 0 Å². The Kier molecular flexibility index (Phi) is 3.67. The van der Waals surface area contributed by atoms with Crippen molar-refractivity contribution in [3.63, 3.8) is 0 Å². The van der Waals surface area contributed by atoms with Gasteiger partial charge in [-0.1, -0.05) is 13.8 Å². The number of aromatic nitrogens is 1. The second kappa shape index (κ2) is 5.16. The van der Waals surface area contributed by atoms with E-state index >= 15 is 0 Å². The first-order valence-corrected chi connectivity index (χ1v) is 6.49. The molecular formula is C14H17N3O4. The molecular weight excluding hydrogens is 274 g/mol. The third kappa shape index (κ3) is 2.46. The lowest BCUT2D eigenvalue weighted by Crippen LogP contribution is -2.41. The van der Waals surface area contributed by atoms with Crippen molar-refractivity contribution in [2.45, 2.75) is 26.3 Å². The van der Waals surface area contributed by atoms with Crippen LogP contribution in [0, 0.1) is 5.92 Å². The second-order valence-corrected chi connectivity index (χ2v) is 5.27. The molecule has 1 aromatic rings. The van der Waals surface area contributed by atoms with Gasteiger partial charge < -0.3 is 15.2 Å². The molecule has 2 N–H and O–H groups in total. The third-order valence-electron chi connectivity index (χ3n) is 3.69. The Morgan fingerprint density at radius 1 is 1.43 bits per heavy atom. The molecule has 0 saturated carbocycles. The predicted molar refractivity (Wildman–Crippen MR) is 75.7 cm³/mol. The zero-order valence-electron chi connectivity index (χ0n) is 12.3. The van der Waals surface area contributed by atoms with Gasteiger partial charge in [0.2, 0.25) is 5.88 Å². The molecule has 1 aromatic heterocycles. The van der Waals surface area contributed by atoms with Crippen molar-refractivity contribution < 1.29 is 19.4 Å². The van der Waals surface area contributed by atoms with Crippen LogP contribution in [0.1, 0.15) is 36.8 Å². The highest BCUT2D eigenvalue weighted by Gasteiger charge is 2.43. The van der Waals surface area contributed by atoms with E-state index in [0.717, 1.165) is 0 Å². The first-order chi connectivity index (χ1) is 9.79. The number of methoxy groups -OCH3 is 1. The molecule has 0 aliphatic carbocycles. The number of ether oxygens (including phenoxy) is 1. The number of aliphatic imine (C=N–C) groups is 1. The molecule has 0 fully saturated rings. The van der Waals surface area contributed by atoms with E-state index in [4.69, 9.17) is 4.74 Å². The summed E-state index contributed by atoms with van der Waals surface area (Å²) < 4.78 is 5.00. The summed E-state index contributed by atoms with van der Waals surface area (Å²) in [5.74, 6) is -1.03. The van der Waals surface area contributed by atoms with Gasteiger partial charge in [0.25, 0.3) is 5.91 Å². The van der Waals surface area contributed by atoms with E-state index in [0.29, 0.717) is 0 Å². The van der Waals surface area contributed by atoms with Gasteiger partial charge in [-0.3, -0.25) is 4.79 Å². The topological polar surface area (TPSA) is 101 Å². The van der Waals surface area contributed by atoms with E-state index in [2.05, 4.69) is 15.3 Å². The normalized spacial score (nSPS) is 21.2. The summed E-state index contributed by atoms with van der Waals surface area (Å²) in [4.78, 5) is 31.9. The number of hydrogen-bond acceptors (Lipinski definition) is 5. The van der Waals surface area contributed by atoms with Crippen LogP contribution in [-0.4, -0.2) is 40.5 Å². The summed E-state index contributed by atoms with van der Waals surface area (Å²) >= 11 is 0. The third-order valence-corrected chi connectivity index (χ3v) is 3.69. The quantitative estimate of drug-likeness (QED) is 0.864. The second-order valence-electron chi connectivity index (χ2n) is 5.27. The molecule has 1 atom stereocenters. The van der Waals surface area contributed by atoms with Gasteiger partial charge in [0, 0.05) is 6.07 Å². The monoisotopic (exact) mass is 291 g/mol. The number of pyridine rings is 1. The molecule has 0 aromatic carbocycles. The van der Waals surface area contributed by atoms with Crippen molar-refractivity contribution in [1.29, 1.82) is 0 Å². The van der Waals surface area contributed by atoms with E-state index in [-0.39, 0.29) is 34.8 Å². The van der Waals surface area contributed by atoms with Crippen LogP contribution in [0.3, 0.4) is 0 Å². The van der Waals surface area contributed by atoms with E-state index in [1.54, 1.807) is 6.92 Å². The Hall–Kier alpha value is -2.44. The maximum Gasteiger partial charge on any atom is 0.338 e. The van der Waals surface area contributed by atoms with Gasteiger partial charge in [-0.05, 0) is 18.9 Å². The molecule has 0 spiro atoms. The van der Waals surface area contributed by atoms with Crippen LogP contribution in [-0.2, 0) is 4.79 Å². The fraction of sp³-hybridized carbons (Fsp3) is 0.429. The molecule has 2 heterocycles. The van der Waals surface area contributed by atoms with E-state index in [1.165, 1.54) is 19.2 Å². The van der Waals surface area contributed by atoms with Gasteiger partial charge in [-0.15, -0.1) is 0 Å². The number of amidine groups is 1. The molecule has 1 aliphatic heterocycles. The Morgan fingerprint density at radius 2 is 2.10 bits per heavy atom. The average molecular weight is 291 g/mol. The Morgan fingerprint density at radius 3 is 2.57 bits per heavy atom. The number of carbonyl (C=O) groups excluding carboxylic acids is 1. The average Bonchev–Trinajstić information content (AvgIpc) is 2.75. The van der Waals surface area contributed by atoms with Gasteiger partial charge >= 0.3 is 5.97 Å². The van der Waals surface area contributed by atoms with E-state index in [9.17, 15) is 14.7 Å². The summed E-state index contributed by atoms with van der Waals surface area (Å²) in [6, 6.07) is 2.83. The van der Waals surface area contributed by atoms with Crippen LogP contribution in [0.4, 0.5) is 0 Å². The van der Waals surface area contributed by atoms with Gasteiger partial charge in [0.05, 0.1) is 12.7 Å². The van der Waals surface area contributed by atoms with Crippen molar-refractivity contribution >= 4 is 17.7 Å². The van der Waals surface area contributed by atoms with Crippen molar-refractivity contribution in [3.8, 4) is 5.88 Å². The molecule has 0 bridgehead atoms. The van der Waals surface area contributed by atoms with Crippen LogP contribution in [0.15, 0.2) is 17.1 Å². The highest BCUT2D eigenvalue weighted by atomic mass is 16.5. The first-order valence-electron chi connectivity index (χ1n) is 6.49. The summed E-state index contributed by atoms with van der Waals surface area (Å²) in [7, 11) is 1.43. The Bertz CT molecular complexity index is 639. The van der Waals surface area contributed by atoms with Gasteiger partial charge in [-0.2, -0.15) is 0 Å². The number of nitrogens with one attached hydrogen (secondary N) is 1. The zero-order valence-corrected chi connectivity index (χ0v) is 12.3. The fourth-order valence-corrected chi connectivity index (χ4v) is 1.96. The van der Waals surface area contributed by atoms with Gasteiger partial charge in [0.1, 0.15) is 11.2 Å². The minimum Gasteiger partial charge on any atom is -0.481 e. The molecule has 1 unspecified atom stereocenters. The molecule has 21 heavy (non-hydrogen) atoms. The lowest BCUT2D eigenvalue weighted by atomic mass is 9.89. The SMILES string of the molecule is COc1ccc(C(=O)O)c(C2=NC(C)(C(C)C)C(=O)N2)n1. The smallest absolute Gasteiger partial charge is 0.338 e. The summed E-state index contributed by atoms with van der Waals surface area (Å²) in [5, 5.41) is 11.9. The number of hydrogen-bond donors (Lipinski definition) is 2. The summed E-state index contributed by atoms with van der Waals surface area (Å²) in [6.07, 6.45) is 0. The molecule has 1 amide bonds. The maximum absolute atomic E-state index is 12.1. The Labute approximate surface area is 122 Å². The number of amides is 1. The minimum atomic E-state index is -1.14. The molecule has 2 rings (SSSR count). The van der Waals surface area contributed by atoms with Gasteiger partial charge in [-0.25, -0.2) is 14.8 Å². The Balaban J connectivity index is 2.56. The number of carboxylic acids is 1. The predicted octanol–water partition coefficient (Wildman–Crippen LogP) is 1.08. The lowest BCUT2D eigenvalue weighted by molar-refractivity contribution is -0.124. The number of nitrogens with zero attached hydrogens (tertiary/aromatic N) is 2. The van der Waals surface area contributed by atoms with Crippen LogP contribution in [0.5, 0.6) is 5.88 Å². The van der Waals surface area contributed by atoms with Crippen LogP contribution >= 0.6 is 0 Å². The highest BCUT2D eigenvalue weighted by Crippen LogP contribution is 2.27. The number of aromatic carboxylic acids is 1. The van der Waals surface area contributed by atoms with Crippen LogP contribution < -0.4 is 10.1 Å². The first kappa shape index (κ1) is 15.0. The standard InChI is InChI=1S/C14H17N3O4/c1-7(2)14(3)13(20)16-11(17-14)10-8(12(18)19)5-6-9(15-10)21-4/h5-7H,1-4H3,(H,18,19)(H,16,17,20). The molecule has 0 saturated heterocycles. The number of carbonyl (C=O) groups is 2. The summed E-state index contributed by atoms with van der Waals surface area (Å²) in [6.45, 7) is 5.47. The minimum absolute atomic E-state index is 0.0334. The zero-order chi connectivity index (χ0) is 15.8. The molecule has 1 aliphatic rings. The van der Waals surface area contributed by atoms with Gasteiger partial charge in [0.15, 0.2) is 5.84 Å². The number of carboxylic acid groups (broad SMARTS) is 1. The van der Waals surface area contributed by atoms with Crippen molar-refractivity contribution in [1.82, 2.24) is 10.3 Å². The summed E-state index contributed by atoms with van der Waals surface area (Å²) in [5.41, 5.74) is -0.877. The number of rotatable bonds is 4. The van der Waals surface area contributed by atoms with E-state index < -0.39 is 11.5 Å². The molecule has 7 heteroatoms. The molecule has 112 valence electrons. The molecule has 7 nitrogen and oxygen atoms in total. The largest absolute Gasteiger partial charge is 0.481 e.